The van der Waals surface area contributed by atoms with E-state index in [-0.39, 0.29) is 5.38 Å². The first kappa shape index (κ1) is 13.3. The molecule has 1 heterocycles. The standard InChI is InChI=1S/C10H18ClN3O2/c1-3-4-6-15-7-5-12-10-14-13-9(16-10)8(2)11/h8H,3-7H2,1-2H3,(H,12,14). The SMILES string of the molecule is CCCCOCCNc1nnc(C(C)Cl)o1. The van der Waals surface area contributed by atoms with Crippen molar-refractivity contribution in [2.24, 2.45) is 0 Å². The summed E-state index contributed by atoms with van der Waals surface area (Å²) in [6.45, 7) is 6.00. The second kappa shape index (κ2) is 7.46. The number of nitrogens with one attached hydrogen (secondary N) is 1. The lowest BCUT2D eigenvalue weighted by Crippen LogP contribution is -2.10. The van der Waals surface area contributed by atoms with E-state index in [4.69, 9.17) is 20.8 Å². The molecule has 6 heteroatoms. The Balaban J connectivity index is 2.12. The number of unbranched alkanes of at least 4 members (excludes halogenated alkanes) is 1. The predicted molar refractivity (Wildman–Crippen MR) is 62.8 cm³/mol. The Morgan fingerprint density at radius 1 is 1.44 bits per heavy atom. The largest absolute Gasteiger partial charge is 0.407 e. The highest BCUT2D eigenvalue weighted by atomic mass is 35.5. The van der Waals surface area contributed by atoms with Crippen molar-refractivity contribution in [1.82, 2.24) is 10.2 Å². The van der Waals surface area contributed by atoms with Crippen LogP contribution in [0.4, 0.5) is 6.01 Å². The second-order valence-electron chi connectivity index (χ2n) is 3.45. The van der Waals surface area contributed by atoms with Gasteiger partial charge in [0, 0.05) is 13.2 Å². The summed E-state index contributed by atoms with van der Waals surface area (Å²) >= 11 is 5.79. The highest BCUT2D eigenvalue weighted by Gasteiger charge is 2.10. The number of aromatic nitrogens is 2. The number of hydrogen-bond donors (Lipinski definition) is 1. The molecule has 1 aromatic heterocycles. The van der Waals surface area contributed by atoms with E-state index in [0.717, 1.165) is 19.4 Å². The minimum absolute atomic E-state index is 0.260. The van der Waals surface area contributed by atoms with Crippen molar-refractivity contribution in [2.75, 3.05) is 25.1 Å². The number of alkyl halides is 1. The highest BCUT2D eigenvalue weighted by molar-refractivity contribution is 6.20. The van der Waals surface area contributed by atoms with Gasteiger partial charge in [0.25, 0.3) is 0 Å². The maximum atomic E-state index is 5.79. The molecule has 1 atom stereocenters. The minimum Gasteiger partial charge on any atom is -0.407 e. The van der Waals surface area contributed by atoms with Crippen molar-refractivity contribution in [2.45, 2.75) is 32.1 Å². The number of anilines is 1. The van der Waals surface area contributed by atoms with Crippen molar-refractivity contribution < 1.29 is 9.15 Å². The molecule has 1 unspecified atom stereocenters. The Hall–Kier alpha value is -0.810. The molecule has 0 bridgehead atoms. The fourth-order valence-electron chi connectivity index (χ4n) is 1.05. The van der Waals surface area contributed by atoms with Crippen LogP contribution in [0.3, 0.4) is 0 Å². The van der Waals surface area contributed by atoms with Crippen LogP contribution >= 0.6 is 11.6 Å². The maximum Gasteiger partial charge on any atom is 0.315 e. The van der Waals surface area contributed by atoms with Crippen molar-refractivity contribution in [3.8, 4) is 0 Å². The Bertz CT molecular complexity index is 291. The van der Waals surface area contributed by atoms with Gasteiger partial charge in [-0.05, 0) is 13.3 Å². The smallest absolute Gasteiger partial charge is 0.315 e. The van der Waals surface area contributed by atoms with Crippen LogP contribution in [0.25, 0.3) is 0 Å². The van der Waals surface area contributed by atoms with Gasteiger partial charge in [-0.3, -0.25) is 0 Å². The molecule has 0 aliphatic carbocycles. The van der Waals surface area contributed by atoms with E-state index in [0.29, 0.717) is 25.1 Å². The number of halogens is 1. The van der Waals surface area contributed by atoms with Crippen LogP contribution in [0.2, 0.25) is 0 Å². The summed E-state index contributed by atoms with van der Waals surface area (Å²) < 4.78 is 10.6. The van der Waals surface area contributed by atoms with E-state index < -0.39 is 0 Å². The van der Waals surface area contributed by atoms with Crippen LogP contribution in [-0.2, 0) is 4.74 Å². The quantitative estimate of drug-likeness (QED) is 0.565. The van der Waals surface area contributed by atoms with Gasteiger partial charge in [-0.2, -0.15) is 0 Å². The van der Waals surface area contributed by atoms with E-state index in [2.05, 4.69) is 22.4 Å². The van der Waals surface area contributed by atoms with Crippen LogP contribution in [0.5, 0.6) is 0 Å². The van der Waals surface area contributed by atoms with E-state index in [1.165, 1.54) is 0 Å². The summed E-state index contributed by atoms with van der Waals surface area (Å²) in [6, 6.07) is 0.390. The third-order valence-corrected chi connectivity index (χ3v) is 2.13. The van der Waals surface area contributed by atoms with Gasteiger partial charge in [0.1, 0.15) is 5.38 Å². The average molecular weight is 248 g/mol. The molecular formula is C10H18ClN3O2. The van der Waals surface area contributed by atoms with Gasteiger partial charge in [-0.1, -0.05) is 18.4 Å². The van der Waals surface area contributed by atoms with Gasteiger partial charge < -0.3 is 14.5 Å². The van der Waals surface area contributed by atoms with Crippen molar-refractivity contribution >= 4 is 17.6 Å². The molecule has 16 heavy (non-hydrogen) atoms. The topological polar surface area (TPSA) is 60.2 Å². The van der Waals surface area contributed by atoms with Gasteiger partial charge in [-0.25, -0.2) is 0 Å². The second-order valence-corrected chi connectivity index (χ2v) is 4.11. The van der Waals surface area contributed by atoms with Crippen molar-refractivity contribution in [3.05, 3.63) is 5.89 Å². The van der Waals surface area contributed by atoms with Gasteiger partial charge in [0.05, 0.1) is 6.61 Å². The van der Waals surface area contributed by atoms with Crippen molar-refractivity contribution in [3.63, 3.8) is 0 Å². The lowest BCUT2D eigenvalue weighted by atomic mass is 10.4. The molecule has 1 aromatic rings. The number of ether oxygens (including phenoxy) is 1. The van der Waals surface area contributed by atoms with Gasteiger partial charge in [0.15, 0.2) is 0 Å². The first-order chi connectivity index (χ1) is 7.74. The fraction of sp³-hybridized carbons (Fsp3) is 0.800. The normalized spacial score (nSPS) is 12.7. The molecule has 1 N–H and O–H groups in total. The first-order valence-electron chi connectivity index (χ1n) is 5.53. The van der Waals surface area contributed by atoms with Crippen LogP contribution in [-0.4, -0.2) is 30.0 Å². The summed E-state index contributed by atoms with van der Waals surface area (Å²) in [5, 5.41) is 10.3. The van der Waals surface area contributed by atoms with E-state index >= 15 is 0 Å². The van der Waals surface area contributed by atoms with Gasteiger partial charge in [0.2, 0.25) is 5.89 Å². The zero-order chi connectivity index (χ0) is 11.8. The first-order valence-corrected chi connectivity index (χ1v) is 5.96. The third kappa shape index (κ3) is 4.81. The molecule has 92 valence electrons. The molecule has 0 saturated carbocycles. The molecular weight excluding hydrogens is 230 g/mol. The molecule has 0 aliphatic rings. The maximum absolute atomic E-state index is 5.79. The van der Waals surface area contributed by atoms with Gasteiger partial charge >= 0.3 is 6.01 Å². The van der Waals surface area contributed by atoms with Crippen LogP contribution in [0.15, 0.2) is 4.42 Å². The third-order valence-electron chi connectivity index (χ3n) is 1.95. The van der Waals surface area contributed by atoms with E-state index in [9.17, 15) is 0 Å². The minimum atomic E-state index is -0.260. The van der Waals surface area contributed by atoms with Crippen molar-refractivity contribution in [1.29, 1.82) is 0 Å². The summed E-state index contributed by atoms with van der Waals surface area (Å²) in [7, 11) is 0. The number of nitrogens with zero attached hydrogens (tertiary/aromatic N) is 2. The molecule has 0 aromatic carbocycles. The molecule has 0 amide bonds. The summed E-state index contributed by atoms with van der Waals surface area (Å²) in [4.78, 5) is 0. The molecule has 0 aliphatic heterocycles. The molecule has 0 spiro atoms. The molecule has 0 saturated heterocycles. The Labute approximate surface area is 101 Å². The number of hydrogen-bond acceptors (Lipinski definition) is 5. The predicted octanol–water partition coefficient (Wildman–Crippen LogP) is 2.60. The monoisotopic (exact) mass is 247 g/mol. The van der Waals surface area contributed by atoms with E-state index in [1.807, 2.05) is 0 Å². The lowest BCUT2D eigenvalue weighted by Gasteiger charge is -2.02. The van der Waals surface area contributed by atoms with E-state index in [1.54, 1.807) is 6.92 Å². The molecule has 0 fully saturated rings. The van der Waals surface area contributed by atoms with Gasteiger partial charge in [-0.15, -0.1) is 16.7 Å². The average Bonchev–Trinajstić information content (AvgIpc) is 2.72. The van der Waals surface area contributed by atoms with Crippen LogP contribution in [0, 0.1) is 0 Å². The molecule has 0 radical (unpaired) electrons. The molecule has 1 rings (SSSR count). The zero-order valence-electron chi connectivity index (χ0n) is 9.70. The zero-order valence-corrected chi connectivity index (χ0v) is 10.5. The summed E-state index contributed by atoms with van der Waals surface area (Å²) in [6.07, 6.45) is 2.24. The van der Waals surface area contributed by atoms with Crippen LogP contribution in [0.1, 0.15) is 38.0 Å². The summed E-state index contributed by atoms with van der Waals surface area (Å²) in [5.41, 5.74) is 0. The Kier molecular flexibility index (Phi) is 6.18. The fourth-order valence-corrected chi connectivity index (χ4v) is 1.13. The number of rotatable bonds is 8. The summed E-state index contributed by atoms with van der Waals surface area (Å²) in [5.74, 6) is 0.427. The highest BCUT2D eigenvalue weighted by Crippen LogP contribution is 2.18. The Morgan fingerprint density at radius 3 is 2.88 bits per heavy atom. The van der Waals surface area contributed by atoms with Crippen LogP contribution < -0.4 is 5.32 Å². The Morgan fingerprint density at radius 2 is 2.25 bits per heavy atom. The lowest BCUT2D eigenvalue weighted by molar-refractivity contribution is 0.140. The molecule has 5 nitrogen and oxygen atoms in total.